The molecule has 3 nitrogen and oxygen atoms in total. The first-order chi connectivity index (χ1) is 8.08. The summed E-state index contributed by atoms with van der Waals surface area (Å²) in [4.78, 5) is 15.2. The van der Waals surface area contributed by atoms with Crippen LogP contribution in [0.4, 0.5) is 0 Å². The van der Waals surface area contributed by atoms with Gasteiger partial charge in [0.2, 0.25) is 0 Å². The second kappa shape index (κ2) is 5.33. The molecule has 0 aromatic carbocycles. The van der Waals surface area contributed by atoms with Gasteiger partial charge in [-0.3, -0.25) is 4.79 Å². The highest BCUT2D eigenvalue weighted by Crippen LogP contribution is 2.30. The Morgan fingerprint density at radius 2 is 2.29 bits per heavy atom. The van der Waals surface area contributed by atoms with Gasteiger partial charge >= 0.3 is 0 Å². The Morgan fingerprint density at radius 3 is 2.76 bits per heavy atom. The molecule has 1 aliphatic carbocycles. The van der Waals surface area contributed by atoms with E-state index in [-0.39, 0.29) is 5.91 Å². The summed E-state index contributed by atoms with van der Waals surface area (Å²) in [6.07, 6.45) is 2.72. The zero-order valence-corrected chi connectivity index (χ0v) is 11.6. The molecule has 1 aliphatic rings. The van der Waals surface area contributed by atoms with Crippen LogP contribution in [0.3, 0.4) is 0 Å². The number of nitrogens with zero attached hydrogens (tertiary/aromatic N) is 1. The smallest absolute Gasteiger partial charge is 0.264 e. The van der Waals surface area contributed by atoms with E-state index in [1.807, 2.05) is 4.90 Å². The molecular weight excluding hydrogens is 276 g/mol. The Bertz CT molecular complexity index is 442. The lowest BCUT2D eigenvalue weighted by Crippen LogP contribution is -2.35. The maximum absolute atomic E-state index is 12.2. The summed E-state index contributed by atoms with van der Waals surface area (Å²) >= 11 is 12.0. The molecular formula is C11H13ClN2OS2. The van der Waals surface area contributed by atoms with Gasteiger partial charge in [-0.15, -0.1) is 11.3 Å². The molecule has 92 valence electrons. The third-order valence-electron chi connectivity index (χ3n) is 2.63. The van der Waals surface area contributed by atoms with Crippen molar-refractivity contribution in [3.05, 3.63) is 21.3 Å². The van der Waals surface area contributed by atoms with E-state index in [9.17, 15) is 4.79 Å². The molecule has 0 radical (unpaired) electrons. The highest BCUT2D eigenvalue weighted by atomic mass is 35.5. The van der Waals surface area contributed by atoms with Crippen LogP contribution in [0.25, 0.3) is 0 Å². The number of hydrogen-bond acceptors (Lipinski definition) is 3. The first-order valence-corrected chi connectivity index (χ1v) is 7.03. The summed E-state index contributed by atoms with van der Waals surface area (Å²) in [5.74, 6) is 0.0423. The topological polar surface area (TPSA) is 46.3 Å². The van der Waals surface area contributed by atoms with Crippen molar-refractivity contribution in [3.8, 4) is 0 Å². The Morgan fingerprint density at radius 1 is 1.59 bits per heavy atom. The fourth-order valence-corrected chi connectivity index (χ4v) is 2.73. The molecule has 1 aromatic rings. The van der Waals surface area contributed by atoms with Gasteiger partial charge in [-0.2, -0.15) is 0 Å². The summed E-state index contributed by atoms with van der Waals surface area (Å²) in [5, 5.41) is 0. The first-order valence-electron chi connectivity index (χ1n) is 5.42. The van der Waals surface area contributed by atoms with Crippen LogP contribution in [0.5, 0.6) is 0 Å². The van der Waals surface area contributed by atoms with E-state index in [2.05, 4.69) is 0 Å². The van der Waals surface area contributed by atoms with Gasteiger partial charge in [0.1, 0.15) is 0 Å². The van der Waals surface area contributed by atoms with Crippen LogP contribution in [0.15, 0.2) is 12.1 Å². The van der Waals surface area contributed by atoms with Crippen molar-refractivity contribution in [3.63, 3.8) is 0 Å². The molecule has 6 heteroatoms. The highest BCUT2D eigenvalue weighted by Gasteiger charge is 2.33. The molecule has 2 N–H and O–H groups in total. The van der Waals surface area contributed by atoms with Crippen molar-refractivity contribution in [1.82, 2.24) is 4.90 Å². The minimum atomic E-state index is 0.0423. The van der Waals surface area contributed by atoms with Crippen LogP contribution >= 0.6 is 35.2 Å². The quantitative estimate of drug-likeness (QED) is 0.848. The second-order valence-corrected chi connectivity index (χ2v) is 6.29. The number of halogens is 1. The van der Waals surface area contributed by atoms with Crippen molar-refractivity contribution in [2.45, 2.75) is 25.3 Å². The average molecular weight is 289 g/mol. The fourth-order valence-electron chi connectivity index (χ4n) is 1.64. The lowest BCUT2D eigenvalue weighted by atomic mass is 10.3. The standard InChI is InChI=1S/C11H13ClN2OS2/c12-9-4-3-8(17-9)11(15)14(7-1-2-7)6-5-10(13)16/h3-4,7H,1-2,5-6H2,(H2,13,16). The summed E-state index contributed by atoms with van der Waals surface area (Å²) in [6, 6.07) is 3.88. The van der Waals surface area contributed by atoms with Gasteiger partial charge in [0, 0.05) is 19.0 Å². The van der Waals surface area contributed by atoms with Gasteiger partial charge in [-0.05, 0) is 25.0 Å². The number of rotatable bonds is 5. The largest absolute Gasteiger partial charge is 0.393 e. The summed E-state index contributed by atoms with van der Waals surface area (Å²) in [6.45, 7) is 0.606. The van der Waals surface area contributed by atoms with Crippen molar-refractivity contribution < 1.29 is 4.79 Å². The van der Waals surface area contributed by atoms with E-state index >= 15 is 0 Å². The Balaban J connectivity index is 2.05. The SMILES string of the molecule is NC(=S)CCN(C(=O)c1ccc(Cl)s1)C1CC1. The van der Waals surface area contributed by atoms with Crippen LogP contribution in [0.1, 0.15) is 28.9 Å². The third kappa shape index (κ3) is 3.40. The van der Waals surface area contributed by atoms with E-state index in [4.69, 9.17) is 29.6 Å². The molecule has 1 aromatic heterocycles. The van der Waals surface area contributed by atoms with Crippen LogP contribution in [-0.4, -0.2) is 28.4 Å². The van der Waals surface area contributed by atoms with E-state index in [1.165, 1.54) is 11.3 Å². The second-order valence-electron chi connectivity index (χ2n) is 4.05. The molecule has 0 atom stereocenters. The molecule has 17 heavy (non-hydrogen) atoms. The van der Waals surface area contributed by atoms with E-state index < -0.39 is 0 Å². The molecule has 0 aliphatic heterocycles. The number of carbonyl (C=O) groups excluding carboxylic acids is 1. The van der Waals surface area contributed by atoms with Crippen molar-refractivity contribution in [2.75, 3.05) is 6.54 Å². The molecule has 0 saturated heterocycles. The Labute approximate surface area is 115 Å². The molecule has 2 rings (SSSR count). The number of nitrogens with two attached hydrogens (primary N) is 1. The minimum Gasteiger partial charge on any atom is -0.393 e. The summed E-state index contributed by atoms with van der Waals surface area (Å²) < 4.78 is 0.637. The van der Waals surface area contributed by atoms with Crippen LogP contribution in [-0.2, 0) is 0 Å². The molecule has 1 heterocycles. The van der Waals surface area contributed by atoms with Crippen LogP contribution in [0.2, 0.25) is 4.34 Å². The first kappa shape index (κ1) is 12.8. The Hall–Kier alpha value is -0.650. The monoisotopic (exact) mass is 288 g/mol. The lowest BCUT2D eigenvalue weighted by molar-refractivity contribution is 0.0753. The minimum absolute atomic E-state index is 0.0423. The van der Waals surface area contributed by atoms with Gasteiger partial charge in [0.15, 0.2) is 0 Å². The van der Waals surface area contributed by atoms with Gasteiger partial charge in [0.25, 0.3) is 5.91 Å². The normalized spacial score (nSPS) is 14.6. The number of carbonyl (C=O) groups is 1. The lowest BCUT2D eigenvalue weighted by Gasteiger charge is -2.21. The predicted octanol–water partition coefficient (Wildman–Crippen LogP) is 2.68. The molecule has 1 amide bonds. The molecule has 0 unspecified atom stereocenters. The maximum Gasteiger partial charge on any atom is 0.264 e. The van der Waals surface area contributed by atoms with Crippen molar-refractivity contribution in [1.29, 1.82) is 0 Å². The van der Waals surface area contributed by atoms with E-state index in [1.54, 1.807) is 12.1 Å². The van der Waals surface area contributed by atoms with E-state index in [0.717, 1.165) is 12.8 Å². The number of amides is 1. The zero-order chi connectivity index (χ0) is 12.4. The van der Waals surface area contributed by atoms with E-state index in [0.29, 0.717) is 33.2 Å². The maximum atomic E-state index is 12.2. The third-order valence-corrected chi connectivity index (χ3v) is 4.05. The van der Waals surface area contributed by atoms with Crippen molar-refractivity contribution >= 4 is 46.1 Å². The van der Waals surface area contributed by atoms with Gasteiger partial charge in [-0.1, -0.05) is 23.8 Å². The molecule has 1 fully saturated rings. The van der Waals surface area contributed by atoms with Gasteiger partial charge in [-0.25, -0.2) is 0 Å². The van der Waals surface area contributed by atoms with Gasteiger partial charge in [0.05, 0.1) is 14.2 Å². The zero-order valence-electron chi connectivity index (χ0n) is 9.19. The van der Waals surface area contributed by atoms with Gasteiger partial charge < -0.3 is 10.6 Å². The van der Waals surface area contributed by atoms with Crippen molar-refractivity contribution in [2.24, 2.45) is 5.73 Å². The number of hydrogen-bond donors (Lipinski definition) is 1. The van der Waals surface area contributed by atoms with Crippen LogP contribution < -0.4 is 5.73 Å². The van der Waals surface area contributed by atoms with Crippen LogP contribution in [0, 0.1) is 0 Å². The predicted molar refractivity (Wildman–Crippen MR) is 74.8 cm³/mol. The molecule has 0 bridgehead atoms. The summed E-state index contributed by atoms with van der Waals surface area (Å²) in [7, 11) is 0. The Kier molecular flexibility index (Phi) is 4.01. The fraction of sp³-hybridized carbons (Fsp3) is 0.455. The summed E-state index contributed by atoms with van der Waals surface area (Å²) in [5.41, 5.74) is 5.48. The molecule has 1 saturated carbocycles. The molecule has 0 spiro atoms. The number of thiophene rings is 1. The average Bonchev–Trinajstić information content (AvgIpc) is 3.00. The highest BCUT2D eigenvalue weighted by molar-refractivity contribution is 7.80. The number of thiocarbonyl (C=S) groups is 1.